The Hall–Kier alpha value is -1.30. The van der Waals surface area contributed by atoms with Gasteiger partial charge in [-0.3, -0.25) is 4.79 Å². The zero-order valence-electron chi connectivity index (χ0n) is 13.4. The Morgan fingerprint density at radius 2 is 2.22 bits per heavy atom. The highest BCUT2D eigenvalue weighted by molar-refractivity contribution is 6.30. The number of carbonyl (C=O) groups is 1. The Kier molecular flexibility index (Phi) is 5.75. The highest BCUT2D eigenvalue weighted by Gasteiger charge is 2.23. The van der Waals surface area contributed by atoms with E-state index >= 15 is 0 Å². The first kappa shape index (κ1) is 16.6. The van der Waals surface area contributed by atoms with Crippen molar-refractivity contribution < 1.29 is 14.4 Å². The van der Waals surface area contributed by atoms with Gasteiger partial charge in [0.2, 0.25) is 0 Å². The summed E-state index contributed by atoms with van der Waals surface area (Å²) < 4.78 is 5.53. The number of anilines is 1. The molecule has 2 N–H and O–H groups in total. The summed E-state index contributed by atoms with van der Waals surface area (Å²) in [5, 5.41) is 3.78. The molecule has 2 aliphatic heterocycles. The average Bonchev–Trinajstić information content (AvgIpc) is 3.07. The van der Waals surface area contributed by atoms with Crippen molar-refractivity contribution in [2.24, 2.45) is 0 Å². The molecule has 1 amide bonds. The summed E-state index contributed by atoms with van der Waals surface area (Å²) >= 11 is 6.06. The molecule has 0 spiro atoms. The van der Waals surface area contributed by atoms with Gasteiger partial charge >= 0.3 is 0 Å². The van der Waals surface area contributed by atoms with Crippen molar-refractivity contribution in [3.63, 3.8) is 0 Å². The third-order valence-electron chi connectivity index (χ3n) is 4.61. The highest BCUT2D eigenvalue weighted by Crippen LogP contribution is 2.19. The number of amides is 1. The first-order valence-corrected chi connectivity index (χ1v) is 8.81. The first-order chi connectivity index (χ1) is 11.2. The lowest BCUT2D eigenvalue weighted by Crippen LogP contribution is -3.16. The molecule has 0 radical (unpaired) electrons. The molecule has 2 fully saturated rings. The summed E-state index contributed by atoms with van der Waals surface area (Å²) in [7, 11) is 0. The van der Waals surface area contributed by atoms with Gasteiger partial charge in [-0.1, -0.05) is 17.7 Å². The fourth-order valence-electron chi connectivity index (χ4n) is 3.25. The van der Waals surface area contributed by atoms with E-state index in [4.69, 9.17) is 16.3 Å². The van der Waals surface area contributed by atoms with E-state index in [1.807, 2.05) is 18.2 Å². The van der Waals surface area contributed by atoms with E-state index in [2.05, 4.69) is 16.3 Å². The molecule has 2 saturated heterocycles. The SMILES string of the molecule is O=C(C[NH+]1CCN(c2cccc(Cl)c2)CC1)NC[C@@H]1CCCO1. The smallest absolute Gasteiger partial charge is 0.275 e. The van der Waals surface area contributed by atoms with Crippen molar-refractivity contribution in [1.82, 2.24) is 5.32 Å². The molecular weight excluding hydrogens is 314 g/mol. The minimum atomic E-state index is 0.131. The van der Waals surface area contributed by atoms with Crippen LogP contribution in [0.25, 0.3) is 0 Å². The van der Waals surface area contributed by atoms with Crippen LogP contribution in [0, 0.1) is 0 Å². The zero-order chi connectivity index (χ0) is 16.1. The summed E-state index contributed by atoms with van der Waals surface area (Å²) in [6.07, 6.45) is 2.39. The number of halogens is 1. The number of hydrogen-bond acceptors (Lipinski definition) is 3. The molecule has 3 rings (SSSR count). The van der Waals surface area contributed by atoms with Gasteiger partial charge in [0.15, 0.2) is 6.54 Å². The minimum Gasteiger partial charge on any atom is -0.376 e. The number of nitrogens with zero attached hydrogens (tertiary/aromatic N) is 1. The summed E-state index contributed by atoms with van der Waals surface area (Å²) in [4.78, 5) is 15.7. The van der Waals surface area contributed by atoms with Crippen LogP contribution >= 0.6 is 11.6 Å². The number of benzene rings is 1. The molecule has 126 valence electrons. The van der Waals surface area contributed by atoms with E-state index in [0.717, 1.165) is 50.7 Å². The lowest BCUT2D eigenvalue weighted by molar-refractivity contribution is -0.892. The van der Waals surface area contributed by atoms with Crippen LogP contribution < -0.4 is 15.1 Å². The number of hydrogen-bond donors (Lipinski definition) is 2. The van der Waals surface area contributed by atoms with E-state index in [9.17, 15) is 4.79 Å². The Morgan fingerprint density at radius 1 is 1.39 bits per heavy atom. The molecule has 0 aromatic heterocycles. The second-order valence-electron chi connectivity index (χ2n) is 6.33. The Morgan fingerprint density at radius 3 is 2.91 bits per heavy atom. The van der Waals surface area contributed by atoms with E-state index < -0.39 is 0 Å². The maximum atomic E-state index is 12.0. The largest absolute Gasteiger partial charge is 0.376 e. The van der Waals surface area contributed by atoms with Crippen molar-refractivity contribution >= 4 is 23.2 Å². The van der Waals surface area contributed by atoms with Crippen LogP contribution in [0.1, 0.15) is 12.8 Å². The molecule has 6 heteroatoms. The molecule has 0 aliphatic carbocycles. The maximum absolute atomic E-state index is 12.0. The van der Waals surface area contributed by atoms with Crippen LogP contribution in [0.5, 0.6) is 0 Å². The van der Waals surface area contributed by atoms with Gasteiger partial charge in [-0.05, 0) is 31.0 Å². The van der Waals surface area contributed by atoms with Crippen LogP contribution in [-0.4, -0.2) is 57.9 Å². The number of quaternary nitrogens is 1. The molecular formula is C17H25ClN3O2+. The van der Waals surface area contributed by atoms with Crippen molar-refractivity contribution in [3.8, 4) is 0 Å². The second-order valence-corrected chi connectivity index (χ2v) is 6.77. The lowest BCUT2D eigenvalue weighted by atomic mass is 10.2. The second kappa shape index (κ2) is 7.99. The summed E-state index contributed by atoms with van der Waals surface area (Å²) in [6, 6.07) is 7.96. The molecule has 0 bridgehead atoms. The van der Waals surface area contributed by atoms with E-state index in [1.165, 1.54) is 10.6 Å². The fraction of sp³-hybridized carbons (Fsp3) is 0.588. The number of carbonyl (C=O) groups excluding carboxylic acids is 1. The number of piperazine rings is 1. The molecule has 0 unspecified atom stereocenters. The van der Waals surface area contributed by atoms with E-state index in [0.29, 0.717) is 13.1 Å². The molecule has 0 saturated carbocycles. The van der Waals surface area contributed by atoms with Crippen molar-refractivity contribution in [2.45, 2.75) is 18.9 Å². The molecule has 1 atom stereocenters. The van der Waals surface area contributed by atoms with Crippen LogP contribution in [0.4, 0.5) is 5.69 Å². The standard InChI is InChI=1S/C17H24ClN3O2/c18-14-3-1-4-15(11-14)21-8-6-20(7-9-21)13-17(22)19-12-16-5-2-10-23-16/h1,3-4,11,16H,2,5-10,12-13H2,(H,19,22)/p+1/t16-/m0/s1. The first-order valence-electron chi connectivity index (χ1n) is 8.43. The molecule has 1 aromatic rings. The van der Waals surface area contributed by atoms with Gasteiger partial charge < -0.3 is 19.9 Å². The average molecular weight is 339 g/mol. The molecule has 5 nitrogen and oxygen atoms in total. The fourth-order valence-corrected chi connectivity index (χ4v) is 3.44. The van der Waals surface area contributed by atoms with Crippen molar-refractivity contribution in [3.05, 3.63) is 29.3 Å². The normalized spacial score (nSPS) is 22.3. The van der Waals surface area contributed by atoms with Gasteiger partial charge in [-0.2, -0.15) is 0 Å². The van der Waals surface area contributed by atoms with Gasteiger partial charge in [-0.25, -0.2) is 0 Å². The predicted molar refractivity (Wildman–Crippen MR) is 91.2 cm³/mol. The van der Waals surface area contributed by atoms with Crippen LogP contribution in [-0.2, 0) is 9.53 Å². The van der Waals surface area contributed by atoms with Crippen LogP contribution in [0.2, 0.25) is 5.02 Å². The summed E-state index contributed by atoms with van der Waals surface area (Å²) in [6.45, 7) is 5.89. The third kappa shape index (κ3) is 4.83. The molecule has 23 heavy (non-hydrogen) atoms. The van der Waals surface area contributed by atoms with E-state index in [-0.39, 0.29) is 12.0 Å². The Balaban J connectivity index is 1.39. The van der Waals surface area contributed by atoms with Crippen LogP contribution in [0.15, 0.2) is 24.3 Å². The quantitative estimate of drug-likeness (QED) is 0.814. The minimum absolute atomic E-state index is 0.131. The maximum Gasteiger partial charge on any atom is 0.275 e. The van der Waals surface area contributed by atoms with Gasteiger partial charge in [0.1, 0.15) is 0 Å². The van der Waals surface area contributed by atoms with Gasteiger partial charge in [0, 0.05) is 23.9 Å². The molecule has 1 aromatic carbocycles. The van der Waals surface area contributed by atoms with Gasteiger partial charge in [0.25, 0.3) is 5.91 Å². The highest BCUT2D eigenvalue weighted by atomic mass is 35.5. The van der Waals surface area contributed by atoms with E-state index in [1.54, 1.807) is 0 Å². The zero-order valence-corrected chi connectivity index (χ0v) is 14.1. The van der Waals surface area contributed by atoms with Crippen molar-refractivity contribution in [1.29, 1.82) is 0 Å². The predicted octanol–water partition coefficient (Wildman–Crippen LogP) is 0.340. The number of rotatable bonds is 5. The number of ether oxygens (including phenoxy) is 1. The van der Waals surface area contributed by atoms with Gasteiger partial charge in [-0.15, -0.1) is 0 Å². The molecule has 2 aliphatic rings. The topological polar surface area (TPSA) is 46.0 Å². The Bertz CT molecular complexity index is 526. The van der Waals surface area contributed by atoms with Crippen LogP contribution in [0.3, 0.4) is 0 Å². The van der Waals surface area contributed by atoms with Gasteiger partial charge in [0.05, 0.1) is 32.3 Å². The van der Waals surface area contributed by atoms with Crippen molar-refractivity contribution in [2.75, 3.05) is 50.8 Å². The monoisotopic (exact) mass is 338 g/mol. The lowest BCUT2D eigenvalue weighted by Gasteiger charge is -2.33. The Labute approximate surface area is 142 Å². The summed E-state index contributed by atoms with van der Waals surface area (Å²) in [5.41, 5.74) is 1.17. The number of nitrogens with one attached hydrogen (secondary N) is 2. The summed E-state index contributed by atoms with van der Waals surface area (Å²) in [5.74, 6) is 0.131. The molecule has 2 heterocycles. The third-order valence-corrected chi connectivity index (χ3v) is 4.84.